The third-order valence-electron chi connectivity index (χ3n) is 3.48. The molecule has 1 heterocycles. The van der Waals surface area contributed by atoms with Gasteiger partial charge in [-0.25, -0.2) is 8.78 Å². The minimum atomic E-state index is -0.964. The Kier molecular flexibility index (Phi) is 4.70. The summed E-state index contributed by atoms with van der Waals surface area (Å²) in [4.78, 5) is 12.2. The van der Waals surface area contributed by atoms with E-state index in [0.29, 0.717) is 25.5 Å². The predicted molar refractivity (Wildman–Crippen MR) is 74.9 cm³/mol. The van der Waals surface area contributed by atoms with Gasteiger partial charge >= 0.3 is 0 Å². The number of piperidine rings is 1. The number of anilines is 1. The number of nitro benzene ring substituents is 1. The first-order valence-corrected chi connectivity index (χ1v) is 6.57. The lowest BCUT2D eigenvalue weighted by Crippen LogP contribution is -2.39. The topological polar surface area (TPSA) is 58.4 Å². The Bertz CT molecular complexity index is 578. The Morgan fingerprint density at radius 2 is 2.10 bits per heavy atom. The van der Waals surface area contributed by atoms with Crippen LogP contribution in [-0.4, -0.2) is 35.5 Å². The van der Waals surface area contributed by atoms with E-state index in [1.54, 1.807) is 0 Å². The third kappa shape index (κ3) is 3.67. The zero-order valence-corrected chi connectivity index (χ0v) is 11.3. The van der Waals surface area contributed by atoms with Crippen LogP contribution in [0.3, 0.4) is 0 Å². The van der Waals surface area contributed by atoms with E-state index in [-0.39, 0.29) is 11.7 Å². The first-order valence-electron chi connectivity index (χ1n) is 6.57. The standard InChI is InChI=1S/C14H15F2N3O2/c1-2-5-18-6-3-11(4-7-18)17-14-12(16)8-10(15)9-13(14)19(20)21/h1,8-9,11,17H,3-7H2. The molecule has 1 aliphatic heterocycles. The van der Waals surface area contributed by atoms with E-state index in [1.165, 1.54) is 0 Å². The molecular formula is C14H15F2N3O2. The minimum Gasteiger partial charge on any atom is -0.374 e. The fraction of sp³-hybridized carbons (Fsp3) is 0.429. The first kappa shape index (κ1) is 15.2. The molecule has 7 heteroatoms. The minimum absolute atomic E-state index is 0.0994. The summed E-state index contributed by atoms with van der Waals surface area (Å²) in [5, 5.41) is 13.7. The molecule has 1 fully saturated rings. The zero-order valence-electron chi connectivity index (χ0n) is 11.3. The van der Waals surface area contributed by atoms with Gasteiger partial charge in [0.15, 0.2) is 5.82 Å². The van der Waals surface area contributed by atoms with Gasteiger partial charge < -0.3 is 5.32 Å². The van der Waals surface area contributed by atoms with Crippen LogP contribution in [0.4, 0.5) is 20.2 Å². The summed E-state index contributed by atoms with van der Waals surface area (Å²) in [5.41, 5.74) is -0.838. The monoisotopic (exact) mass is 295 g/mol. The highest BCUT2D eigenvalue weighted by Gasteiger charge is 2.25. The van der Waals surface area contributed by atoms with E-state index in [9.17, 15) is 18.9 Å². The number of nitro groups is 1. The van der Waals surface area contributed by atoms with Crippen molar-refractivity contribution in [2.24, 2.45) is 0 Å². The smallest absolute Gasteiger partial charge is 0.298 e. The van der Waals surface area contributed by atoms with Gasteiger partial charge in [0.25, 0.3) is 5.69 Å². The summed E-state index contributed by atoms with van der Waals surface area (Å²) in [7, 11) is 0. The highest BCUT2D eigenvalue weighted by molar-refractivity contribution is 5.63. The highest BCUT2D eigenvalue weighted by atomic mass is 19.1. The number of hydrogen-bond acceptors (Lipinski definition) is 4. The second-order valence-electron chi connectivity index (χ2n) is 4.94. The number of nitrogens with one attached hydrogen (secondary N) is 1. The fourth-order valence-corrected chi connectivity index (χ4v) is 2.42. The molecule has 0 saturated carbocycles. The highest BCUT2D eigenvalue weighted by Crippen LogP contribution is 2.30. The lowest BCUT2D eigenvalue weighted by Gasteiger charge is -2.31. The molecule has 0 amide bonds. The number of hydrogen-bond donors (Lipinski definition) is 1. The average molecular weight is 295 g/mol. The van der Waals surface area contributed by atoms with Gasteiger partial charge in [0.05, 0.1) is 17.5 Å². The van der Waals surface area contributed by atoms with Gasteiger partial charge in [-0.1, -0.05) is 5.92 Å². The molecule has 1 N–H and O–H groups in total. The van der Waals surface area contributed by atoms with Gasteiger partial charge in [0.1, 0.15) is 11.5 Å². The Hall–Kier alpha value is -2.20. The Labute approximate surface area is 121 Å². The van der Waals surface area contributed by atoms with E-state index >= 15 is 0 Å². The van der Waals surface area contributed by atoms with Crippen LogP contribution >= 0.6 is 0 Å². The fourth-order valence-electron chi connectivity index (χ4n) is 2.42. The van der Waals surface area contributed by atoms with Crippen LogP contribution in [0.25, 0.3) is 0 Å². The van der Waals surface area contributed by atoms with Gasteiger partial charge in [-0.15, -0.1) is 6.42 Å². The van der Waals surface area contributed by atoms with Gasteiger partial charge in [-0.2, -0.15) is 0 Å². The SMILES string of the molecule is C#CCN1CCC(Nc2c(F)cc(F)cc2[N+](=O)[O-])CC1. The number of benzene rings is 1. The molecule has 0 aromatic heterocycles. The van der Waals surface area contributed by atoms with E-state index in [1.807, 2.05) is 0 Å². The summed E-state index contributed by atoms with van der Waals surface area (Å²) in [6.45, 7) is 2.02. The van der Waals surface area contributed by atoms with Crippen LogP contribution in [0.2, 0.25) is 0 Å². The number of nitrogens with zero attached hydrogens (tertiary/aromatic N) is 2. The Morgan fingerprint density at radius 3 is 2.67 bits per heavy atom. The number of likely N-dealkylation sites (tertiary alicyclic amines) is 1. The quantitative estimate of drug-likeness (QED) is 0.526. The van der Waals surface area contributed by atoms with E-state index in [4.69, 9.17) is 6.42 Å². The number of halogens is 2. The molecule has 0 bridgehead atoms. The molecule has 1 aromatic rings. The van der Waals surface area contributed by atoms with Gasteiger partial charge in [-0.3, -0.25) is 15.0 Å². The molecular weight excluding hydrogens is 280 g/mol. The lowest BCUT2D eigenvalue weighted by atomic mass is 10.0. The van der Waals surface area contributed by atoms with Gasteiger partial charge in [0.2, 0.25) is 0 Å². The van der Waals surface area contributed by atoms with Crippen molar-refractivity contribution in [2.45, 2.75) is 18.9 Å². The predicted octanol–water partition coefficient (Wildman–Crippen LogP) is 2.38. The van der Waals surface area contributed by atoms with Crippen molar-refractivity contribution in [2.75, 3.05) is 25.0 Å². The van der Waals surface area contributed by atoms with Crippen molar-refractivity contribution >= 4 is 11.4 Å². The lowest BCUT2D eigenvalue weighted by molar-refractivity contribution is -0.384. The molecule has 1 aliphatic rings. The maximum absolute atomic E-state index is 13.8. The molecule has 1 aromatic carbocycles. The van der Waals surface area contributed by atoms with Crippen LogP contribution in [0.1, 0.15) is 12.8 Å². The second-order valence-corrected chi connectivity index (χ2v) is 4.94. The largest absolute Gasteiger partial charge is 0.374 e. The summed E-state index contributed by atoms with van der Waals surface area (Å²) < 4.78 is 26.9. The molecule has 0 atom stereocenters. The first-order chi connectivity index (χ1) is 10.0. The van der Waals surface area contributed by atoms with Gasteiger partial charge in [-0.05, 0) is 12.8 Å². The summed E-state index contributed by atoms with van der Waals surface area (Å²) in [6, 6.07) is 1.26. The summed E-state index contributed by atoms with van der Waals surface area (Å²) >= 11 is 0. The van der Waals surface area contributed by atoms with Crippen molar-refractivity contribution in [1.29, 1.82) is 0 Å². The van der Waals surface area contributed by atoms with Crippen LogP contribution < -0.4 is 5.32 Å². The van der Waals surface area contributed by atoms with Gasteiger partial charge in [0, 0.05) is 25.2 Å². The van der Waals surface area contributed by atoms with E-state index in [2.05, 4.69) is 16.1 Å². The van der Waals surface area contributed by atoms with Crippen LogP contribution in [0, 0.1) is 34.1 Å². The maximum Gasteiger partial charge on any atom is 0.298 e. The molecule has 0 unspecified atom stereocenters. The Balaban J connectivity index is 2.10. The van der Waals surface area contributed by atoms with Crippen molar-refractivity contribution in [3.05, 3.63) is 33.9 Å². The van der Waals surface area contributed by atoms with Crippen molar-refractivity contribution in [1.82, 2.24) is 4.90 Å². The normalized spacial score (nSPS) is 16.4. The molecule has 112 valence electrons. The molecule has 21 heavy (non-hydrogen) atoms. The van der Waals surface area contributed by atoms with Crippen molar-refractivity contribution < 1.29 is 13.7 Å². The molecule has 0 aliphatic carbocycles. The van der Waals surface area contributed by atoms with Crippen molar-refractivity contribution in [3.8, 4) is 12.3 Å². The second kappa shape index (κ2) is 6.50. The number of terminal acetylenes is 1. The van der Waals surface area contributed by atoms with Crippen LogP contribution in [0.5, 0.6) is 0 Å². The summed E-state index contributed by atoms with van der Waals surface area (Å²) in [6.07, 6.45) is 6.62. The Morgan fingerprint density at radius 1 is 1.43 bits per heavy atom. The van der Waals surface area contributed by atoms with E-state index in [0.717, 1.165) is 19.2 Å². The van der Waals surface area contributed by atoms with Crippen molar-refractivity contribution in [3.63, 3.8) is 0 Å². The molecule has 0 spiro atoms. The number of rotatable bonds is 4. The molecule has 5 nitrogen and oxygen atoms in total. The van der Waals surface area contributed by atoms with Crippen LogP contribution in [0.15, 0.2) is 12.1 Å². The zero-order chi connectivity index (χ0) is 15.4. The van der Waals surface area contributed by atoms with E-state index < -0.39 is 22.2 Å². The molecule has 0 radical (unpaired) electrons. The summed E-state index contributed by atoms with van der Waals surface area (Å²) in [5.74, 6) is 0.640. The third-order valence-corrected chi connectivity index (χ3v) is 3.48. The average Bonchev–Trinajstić information content (AvgIpc) is 2.43. The molecule has 2 rings (SSSR count). The van der Waals surface area contributed by atoms with Crippen LogP contribution in [-0.2, 0) is 0 Å². The maximum atomic E-state index is 13.8. The molecule has 1 saturated heterocycles.